The molecule has 1 fully saturated rings. The quantitative estimate of drug-likeness (QED) is 0.594. The fourth-order valence-electron chi connectivity index (χ4n) is 3.55. The summed E-state index contributed by atoms with van der Waals surface area (Å²) in [6.07, 6.45) is 8.91. The van der Waals surface area contributed by atoms with Gasteiger partial charge in [-0.1, -0.05) is 0 Å². The van der Waals surface area contributed by atoms with Crippen molar-refractivity contribution in [2.45, 2.75) is 25.8 Å². The van der Waals surface area contributed by atoms with Crippen molar-refractivity contribution in [3.05, 3.63) is 46.5 Å². The van der Waals surface area contributed by atoms with Crippen molar-refractivity contribution in [1.82, 2.24) is 15.0 Å². The van der Waals surface area contributed by atoms with Crippen LogP contribution >= 0.6 is 15.9 Å². The first kappa shape index (κ1) is 17.9. The zero-order valence-electron chi connectivity index (χ0n) is 15.0. The van der Waals surface area contributed by atoms with Gasteiger partial charge < -0.3 is 20.9 Å². The first-order valence-electron chi connectivity index (χ1n) is 8.92. The van der Waals surface area contributed by atoms with E-state index in [-0.39, 0.29) is 11.9 Å². The summed E-state index contributed by atoms with van der Waals surface area (Å²) >= 11 is 3.63. The number of anilines is 2. The molecule has 27 heavy (non-hydrogen) atoms. The maximum Gasteiger partial charge on any atom is 0.257 e. The number of halogens is 1. The standard InChI is InChI=1S/C19H21BrN6O/c1-11-5-12(7-22-6-11)19(27)25-15-9-24-18-16(15)17(14(20)8-23-18)26-4-2-3-13(21)10-26/h5-9,13H,2-4,10,21H2,1H3,(H,23,24)(H,25,27). The van der Waals surface area contributed by atoms with Gasteiger partial charge in [-0.2, -0.15) is 0 Å². The number of pyridine rings is 2. The molecule has 1 saturated heterocycles. The van der Waals surface area contributed by atoms with Crippen molar-refractivity contribution in [3.8, 4) is 0 Å². The third-order valence-corrected chi connectivity index (χ3v) is 5.37. The Morgan fingerprint density at radius 1 is 1.41 bits per heavy atom. The molecule has 7 nitrogen and oxygen atoms in total. The summed E-state index contributed by atoms with van der Waals surface area (Å²) < 4.78 is 0.886. The molecule has 0 bridgehead atoms. The first-order valence-corrected chi connectivity index (χ1v) is 9.71. The molecule has 1 atom stereocenters. The molecule has 1 amide bonds. The zero-order valence-corrected chi connectivity index (χ0v) is 16.6. The maximum absolute atomic E-state index is 12.7. The molecule has 4 N–H and O–H groups in total. The Balaban J connectivity index is 1.73. The Kier molecular flexibility index (Phi) is 4.84. The number of hydrogen-bond donors (Lipinski definition) is 3. The summed E-state index contributed by atoms with van der Waals surface area (Å²) in [5, 5.41) is 3.88. The Labute approximate surface area is 165 Å². The summed E-state index contributed by atoms with van der Waals surface area (Å²) in [5.74, 6) is -0.201. The summed E-state index contributed by atoms with van der Waals surface area (Å²) in [5.41, 5.74) is 10.1. The van der Waals surface area contributed by atoms with Crippen LogP contribution in [-0.4, -0.2) is 40.0 Å². The topological polar surface area (TPSA) is 99.9 Å². The second-order valence-corrected chi connectivity index (χ2v) is 7.79. The number of amides is 1. The van der Waals surface area contributed by atoms with Crippen molar-refractivity contribution in [1.29, 1.82) is 0 Å². The number of nitrogens with zero attached hydrogens (tertiary/aromatic N) is 3. The van der Waals surface area contributed by atoms with Crippen molar-refractivity contribution in [2.75, 3.05) is 23.3 Å². The highest BCUT2D eigenvalue weighted by Crippen LogP contribution is 2.38. The molecule has 0 saturated carbocycles. The Bertz CT molecular complexity index is 1000. The van der Waals surface area contributed by atoms with E-state index in [0.717, 1.165) is 52.7 Å². The number of aryl methyl sites for hydroxylation is 1. The van der Waals surface area contributed by atoms with E-state index in [4.69, 9.17) is 5.73 Å². The van der Waals surface area contributed by atoms with Crippen LogP contribution in [0.3, 0.4) is 0 Å². The summed E-state index contributed by atoms with van der Waals surface area (Å²) in [7, 11) is 0. The normalized spacial score (nSPS) is 17.3. The highest BCUT2D eigenvalue weighted by molar-refractivity contribution is 9.10. The summed E-state index contributed by atoms with van der Waals surface area (Å²) in [4.78, 5) is 26.7. The lowest BCUT2D eigenvalue weighted by atomic mass is 10.1. The van der Waals surface area contributed by atoms with Crippen molar-refractivity contribution in [3.63, 3.8) is 0 Å². The predicted molar refractivity (Wildman–Crippen MR) is 110 cm³/mol. The van der Waals surface area contributed by atoms with Gasteiger partial charge in [-0.05, 0) is 47.3 Å². The number of rotatable bonds is 3. The van der Waals surface area contributed by atoms with E-state index < -0.39 is 0 Å². The number of aromatic amines is 1. The highest BCUT2D eigenvalue weighted by atomic mass is 79.9. The van der Waals surface area contributed by atoms with Crippen molar-refractivity contribution < 1.29 is 4.79 Å². The molecule has 0 aromatic carbocycles. The number of nitrogens with one attached hydrogen (secondary N) is 2. The average Bonchev–Trinajstić information content (AvgIpc) is 3.04. The Hall–Kier alpha value is -2.45. The minimum atomic E-state index is -0.201. The monoisotopic (exact) mass is 428 g/mol. The molecule has 8 heteroatoms. The van der Waals surface area contributed by atoms with Crippen LogP contribution in [0.4, 0.5) is 11.4 Å². The number of fused-ring (bicyclic) bond motifs is 1. The van der Waals surface area contributed by atoms with Crippen LogP contribution in [0.5, 0.6) is 0 Å². The van der Waals surface area contributed by atoms with E-state index in [1.165, 1.54) is 0 Å². The maximum atomic E-state index is 12.7. The van der Waals surface area contributed by atoms with Gasteiger partial charge in [0.05, 0.1) is 26.8 Å². The van der Waals surface area contributed by atoms with Gasteiger partial charge >= 0.3 is 0 Å². The van der Waals surface area contributed by atoms with Gasteiger partial charge in [0, 0.05) is 43.9 Å². The van der Waals surface area contributed by atoms with E-state index in [1.807, 2.05) is 13.0 Å². The van der Waals surface area contributed by atoms with E-state index in [1.54, 1.807) is 24.8 Å². The number of piperidine rings is 1. The lowest BCUT2D eigenvalue weighted by molar-refractivity contribution is 0.102. The number of H-pyrrole nitrogens is 1. The second kappa shape index (κ2) is 7.28. The van der Waals surface area contributed by atoms with Gasteiger partial charge in [-0.15, -0.1) is 0 Å². The number of carbonyl (C=O) groups excluding carboxylic acids is 1. The molecule has 0 radical (unpaired) electrons. The fraction of sp³-hybridized carbons (Fsp3) is 0.316. The molecule has 1 unspecified atom stereocenters. The lowest BCUT2D eigenvalue weighted by Crippen LogP contribution is -2.43. The van der Waals surface area contributed by atoms with Crippen LogP contribution in [0.2, 0.25) is 0 Å². The predicted octanol–water partition coefficient (Wildman–Crippen LogP) is 3.21. The van der Waals surface area contributed by atoms with E-state index in [0.29, 0.717) is 11.3 Å². The molecule has 4 heterocycles. The molecule has 0 spiro atoms. The van der Waals surface area contributed by atoms with Crippen LogP contribution in [0.1, 0.15) is 28.8 Å². The number of hydrogen-bond acceptors (Lipinski definition) is 5. The average molecular weight is 429 g/mol. The van der Waals surface area contributed by atoms with Gasteiger partial charge in [-0.3, -0.25) is 9.78 Å². The molecule has 3 aromatic heterocycles. The van der Waals surface area contributed by atoms with Crippen molar-refractivity contribution >= 4 is 44.2 Å². The molecule has 3 aromatic rings. The number of nitrogens with two attached hydrogens (primary N) is 1. The van der Waals surface area contributed by atoms with Crippen molar-refractivity contribution in [2.24, 2.45) is 5.73 Å². The minimum Gasteiger partial charge on any atom is -0.368 e. The van der Waals surface area contributed by atoms with Gasteiger partial charge in [0.1, 0.15) is 5.65 Å². The van der Waals surface area contributed by atoms with Crippen LogP contribution in [0.25, 0.3) is 11.0 Å². The second-order valence-electron chi connectivity index (χ2n) is 6.93. The fourth-order valence-corrected chi connectivity index (χ4v) is 4.10. The van der Waals surface area contributed by atoms with E-state index in [2.05, 4.69) is 41.1 Å². The molecule has 140 valence electrons. The van der Waals surface area contributed by atoms with Crippen LogP contribution in [-0.2, 0) is 0 Å². The summed E-state index contributed by atoms with van der Waals surface area (Å²) in [6.45, 7) is 3.61. The Morgan fingerprint density at radius 2 is 2.26 bits per heavy atom. The summed E-state index contributed by atoms with van der Waals surface area (Å²) in [6, 6.07) is 1.96. The van der Waals surface area contributed by atoms with Gasteiger partial charge in [0.15, 0.2) is 0 Å². The van der Waals surface area contributed by atoms with Gasteiger partial charge in [-0.25, -0.2) is 4.98 Å². The van der Waals surface area contributed by atoms with E-state index >= 15 is 0 Å². The molecule has 4 rings (SSSR count). The van der Waals surface area contributed by atoms with E-state index in [9.17, 15) is 4.79 Å². The first-order chi connectivity index (χ1) is 13.0. The lowest BCUT2D eigenvalue weighted by Gasteiger charge is -2.33. The molecular formula is C19H21BrN6O. The molecule has 1 aliphatic rings. The molecule has 1 aliphatic heterocycles. The van der Waals surface area contributed by atoms with Crippen LogP contribution in [0, 0.1) is 6.92 Å². The third-order valence-electron chi connectivity index (χ3n) is 4.79. The minimum absolute atomic E-state index is 0.143. The molecular weight excluding hydrogens is 408 g/mol. The smallest absolute Gasteiger partial charge is 0.257 e. The number of carbonyl (C=O) groups is 1. The van der Waals surface area contributed by atoms with Crippen LogP contribution in [0.15, 0.2) is 35.3 Å². The highest BCUT2D eigenvalue weighted by Gasteiger charge is 2.24. The van der Waals surface area contributed by atoms with Gasteiger partial charge in [0.25, 0.3) is 5.91 Å². The largest absolute Gasteiger partial charge is 0.368 e. The third kappa shape index (κ3) is 3.54. The Morgan fingerprint density at radius 3 is 3.04 bits per heavy atom. The van der Waals surface area contributed by atoms with Crippen LogP contribution < -0.4 is 16.0 Å². The van der Waals surface area contributed by atoms with Gasteiger partial charge in [0.2, 0.25) is 0 Å². The SMILES string of the molecule is Cc1cncc(C(=O)Nc2c[nH]c3ncc(Br)c(N4CCCC(N)C4)c23)c1. The zero-order chi connectivity index (χ0) is 19.0. The number of aromatic nitrogens is 3. The molecule has 0 aliphatic carbocycles.